The number of carbonyl (C=O) groups is 1. The summed E-state index contributed by atoms with van der Waals surface area (Å²) >= 11 is 6.41. The normalized spacial score (nSPS) is 23.2. The molecule has 47 heavy (non-hydrogen) atoms. The Morgan fingerprint density at radius 3 is 2.66 bits per heavy atom. The van der Waals surface area contributed by atoms with Crippen LogP contribution in [0.2, 0.25) is 5.02 Å². The molecule has 1 saturated carbocycles. The Labute approximate surface area is 283 Å². The second kappa shape index (κ2) is 13.9. The maximum atomic E-state index is 13.7. The first kappa shape index (κ1) is 33.3. The van der Waals surface area contributed by atoms with Crippen LogP contribution in [0.25, 0.3) is 0 Å². The first-order chi connectivity index (χ1) is 22.6. The van der Waals surface area contributed by atoms with Crippen molar-refractivity contribution in [2.75, 3.05) is 24.6 Å². The average molecular weight is 675 g/mol. The molecule has 1 heterocycles. The first-order valence-corrected chi connectivity index (χ1v) is 18.4. The van der Waals surface area contributed by atoms with Gasteiger partial charge in [-0.15, -0.1) is 13.2 Å². The summed E-state index contributed by atoms with van der Waals surface area (Å²) in [5, 5.41) is 10.5. The third-order valence-electron chi connectivity index (χ3n) is 10.3. The zero-order valence-corrected chi connectivity index (χ0v) is 28.2. The zero-order chi connectivity index (χ0) is 33.2. The van der Waals surface area contributed by atoms with Gasteiger partial charge in [-0.05, 0) is 104 Å². The molecule has 7 nitrogen and oxygen atoms in total. The predicted octanol–water partition coefficient (Wildman–Crippen LogP) is 7.15. The highest BCUT2D eigenvalue weighted by atomic mass is 35.5. The lowest BCUT2D eigenvalue weighted by Crippen LogP contribution is -2.49. The van der Waals surface area contributed by atoms with Crippen molar-refractivity contribution in [3.05, 3.63) is 119 Å². The number of ether oxygens (including phenoxy) is 1. The molecule has 5 atom stereocenters. The van der Waals surface area contributed by atoms with Crippen molar-refractivity contribution in [1.29, 1.82) is 0 Å². The van der Waals surface area contributed by atoms with Crippen molar-refractivity contribution in [3.63, 3.8) is 0 Å². The molecule has 2 aliphatic carbocycles. The van der Waals surface area contributed by atoms with Gasteiger partial charge in [-0.25, -0.2) is 13.1 Å². The number of aliphatic hydroxyl groups is 1. The minimum atomic E-state index is -4.07. The minimum absolute atomic E-state index is 0.107. The van der Waals surface area contributed by atoms with E-state index in [1.54, 1.807) is 54.6 Å². The van der Waals surface area contributed by atoms with Crippen LogP contribution < -0.4 is 14.4 Å². The maximum absolute atomic E-state index is 13.7. The summed E-state index contributed by atoms with van der Waals surface area (Å²) in [4.78, 5) is 16.0. The number of benzene rings is 3. The molecule has 0 aromatic heterocycles. The second-order valence-corrected chi connectivity index (χ2v) is 15.6. The number of sulfonamides is 1. The van der Waals surface area contributed by atoms with Crippen molar-refractivity contribution in [1.82, 2.24) is 4.72 Å². The lowest BCUT2D eigenvalue weighted by molar-refractivity contribution is 0.0460. The molecule has 1 spiro atoms. The summed E-state index contributed by atoms with van der Waals surface area (Å²) < 4.78 is 36.2. The van der Waals surface area contributed by atoms with Gasteiger partial charge in [-0.1, -0.05) is 60.2 Å². The van der Waals surface area contributed by atoms with Crippen LogP contribution in [0.4, 0.5) is 5.69 Å². The highest BCUT2D eigenvalue weighted by Gasteiger charge is 2.44. The molecule has 1 aliphatic heterocycles. The number of amides is 1. The Hall–Kier alpha value is -3.59. The van der Waals surface area contributed by atoms with Crippen molar-refractivity contribution >= 4 is 33.2 Å². The molecule has 0 bridgehead atoms. The Bertz CT molecular complexity index is 1750. The molecular formula is C38H43ClN2O5S. The standard InChI is InChI=1S/C38H43ClN2O5S/c1-3-5-13-36(26-10-7-6-8-11-26)47(44,45)40-37(43)28-15-19-35-33(22-28)41(23-29-14-17-31(29)34(42)4-2)24-38(25-46-35)20-9-12-27-21-30(39)16-18-32(27)38/h3-4,6-8,10-11,15-16,18-19,21-22,29,31,34,36,42H,1-2,5,9,12-14,17,20,23-25H2,(H,40,43)/t29-,31+,34?,36?,38-/m0/s1. The lowest BCUT2D eigenvalue weighted by atomic mass is 9.68. The summed E-state index contributed by atoms with van der Waals surface area (Å²) in [6.45, 7) is 9.35. The number of fused-ring (bicyclic) bond motifs is 3. The number of allylic oxidation sites excluding steroid dienone is 1. The van der Waals surface area contributed by atoms with Gasteiger partial charge in [0.2, 0.25) is 10.0 Å². The number of carbonyl (C=O) groups excluding carboxylic acids is 1. The molecule has 0 saturated heterocycles. The Morgan fingerprint density at radius 1 is 1.13 bits per heavy atom. The van der Waals surface area contributed by atoms with Gasteiger partial charge in [0.1, 0.15) is 11.0 Å². The van der Waals surface area contributed by atoms with Crippen molar-refractivity contribution < 1.29 is 23.1 Å². The number of hydrogen-bond donors (Lipinski definition) is 2. The van der Waals surface area contributed by atoms with Crippen LogP contribution in [0, 0.1) is 11.8 Å². The summed E-state index contributed by atoms with van der Waals surface area (Å²) in [7, 11) is -4.07. The summed E-state index contributed by atoms with van der Waals surface area (Å²) in [6.07, 6.45) is 8.30. The number of hydrogen-bond acceptors (Lipinski definition) is 6. The molecule has 9 heteroatoms. The van der Waals surface area contributed by atoms with Gasteiger partial charge in [0.25, 0.3) is 5.91 Å². The minimum Gasteiger partial charge on any atom is -0.490 e. The topological polar surface area (TPSA) is 95.9 Å². The quantitative estimate of drug-likeness (QED) is 0.210. The molecule has 2 unspecified atom stereocenters. The van der Waals surface area contributed by atoms with E-state index in [4.69, 9.17) is 16.3 Å². The van der Waals surface area contributed by atoms with E-state index >= 15 is 0 Å². The van der Waals surface area contributed by atoms with Crippen molar-refractivity contribution in [3.8, 4) is 5.75 Å². The molecular weight excluding hydrogens is 632 g/mol. The van der Waals surface area contributed by atoms with Crippen LogP contribution in [0.5, 0.6) is 5.75 Å². The largest absolute Gasteiger partial charge is 0.490 e. The number of aryl methyl sites for hydroxylation is 1. The van der Waals surface area contributed by atoms with Crippen LogP contribution in [0.15, 0.2) is 92.0 Å². The van der Waals surface area contributed by atoms with Crippen LogP contribution in [-0.4, -0.2) is 45.2 Å². The molecule has 0 radical (unpaired) electrons. The number of nitrogens with zero attached hydrogens (tertiary/aromatic N) is 1. The van der Waals surface area contributed by atoms with Gasteiger partial charge in [-0.3, -0.25) is 4.79 Å². The van der Waals surface area contributed by atoms with Gasteiger partial charge in [0.15, 0.2) is 0 Å². The second-order valence-electron chi connectivity index (χ2n) is 13.3. The van der Waals surface area contributed by atoms with Crippen LogP contribution >= 0.6 is 11.6 Å². The predicted molar refractivity (Wildman–Crippen MR) is 188 cm³/mol. The monoisotopic (exact) mass is 674 g/mol. The number of halogens is 1. The fourth-order valence-corrected chi connectivity index (χ4v) is 9.36. The maximum Gasteiger partial charge on any atom is 0.264 e. The van der Waals surface area contributed by atoms with Gasteiger partial charge >= 0.3 is 0 Å². The summed E-state index contributed by atoms with van der Waals surface area (Å²) in [5.41, 5.74) is 3.77. The molecule has 6 rings (SSSR count). The van der Waals surface area contributed by atoms with Crippen molar-refractivity contribution in [2.24, 2.45) is 11.8 Å². The Morgan fingerprint density at radius 2 is 1.94 bits per heavy atom. The van der Waals surface area contributed by atoms with E-state index < -0.39 is 27.3 Å². The third kappa shape index (κ3) is 6.87. The van der Waals surface area contributed by atoms with E-state index in [1.807, 2.05) is 12.1 Å². The van der Waals surface area contributed by atoms with Crippen LogP contribution in [0.1, 0.15) is 70.8 Å². The van der Waals surface area contributed by atoms with Gasteiger partial charge in [0.05, 0.1) is 18.4 Å². The molecule has 3 aromatic rings. The molecule has 1 fully saturated rings. The number of aliphatic hydroxyl groups excluding tert-OH is 1. The molecule has 248 valence electrons. The van der Waals surface area contributed by atoms with Crippen molar-refractivity contribution in [2.45, 2.75) is 61.7 Å². The fraction of sp³-hybridized carbons (Fsp3) is 0.395. The number of nitrogens with one attached hydrogen (secondary N) is 1. The fourth-order valence-electron chi connectivity index (χ4n) is 7.68. The Balaban J connectivity index is 1.33. The highest BCUT2D eigenvalue weighted by Crippen LogP contribution is 2.46. The van der Waals surface area contributed by atoms with E-state index in [1.165, 1.54) is 11.1 Å². The van der Waals surface area contributed by atoms with E-state index in [-0.39, 0.29) is 22.8 Å². The SMILES string of the molecule is C=CCCC(c1ccccc1)S(=O)(=O)NC(=O)c1ccc2c(c1)N(C[C@@H]1CC[C@H]1C(O)C=C)C[C@@]1(CCCc3cc(Cl)ccc31)CO2. The van der Waals surface area contributed by atoms with Gasteiger partial charge in [-0.2, -0.15) is 0 Å². The van der Waals surface area contributed by atoms with E-state index in [0.717, 1.165) is 42.8 Å². The van der Waals surface area contributed by atoms with Crippen LogP contribution in [-0.2, 0) is 21.9 Å². The smallest absolute Gasteiger partial charge is 0.264 e. The molecule has 1 amide bonds. The summed E-state index contributed by atoms with van der Waals surface area (Å²) in [5.74, 6) is 0.299. The lowest BCUT2D eigenvalue weighted by Gasteiger charge is -2.45. The van der Waals surface area contributed by atoms with Gasteiger partial charge in [0, 0.05) is 29.1 Å². The summed E-state index contributed by atoms with van der Waals surface area (Å²) in [6, 6.07) is 20.2. The van der Waals surface area contributed by atoms with Crippen LogP contribution in [0.3, 0.4) is 0 Å². The average Bonchev–Trinajstić information content (AvgIpc) is 3.20. The van der Waals surface area contributed by atoms with Gasteiger partial charge < -0.3 is 14.7 Å². The third-order valence-corrected chi connectivity index (χ3v) is 12.3. The molecule has 2 N–H and O–H groups in total. The first-order valence-electron chi connectivity index (χ1n) is 16.5. The molecule has 3 aliphatic rings. The highest BCUT2D eigenvalue weighted by molar-refractivity contribution is 7.90. The number of rotatable bonds is 11. The van der Waals surface area contributed by atoms with E-state index in [0.29, 0.717) is 43.9 Å². The Kier molecular flexibility index (Phi) is 9.83. The molecule has 3 aromatic carbocycles. The van der Waals surface area contributed by atoms with E-state index in [9.17, 15) is 18.3 Å². The van der Waals surface area contributed by atoms with E-state index in [2.05, 4.69) is 34.9 Å². The zero-order valence-electron chi connectivity index (χ0n) is 26.6. The number of anilines is 1.